The molecule has 0 radical (unpaired) electrons. The summed E-state index contributed by atoms with van der Waals surface area (Å²) in [6.07, 6.45) is 0.394. The molecule has 1 aliphatic heterocycles. The first-order chi connectivity index (χ1) is 11.8. The molecule has 1 heterocycles. The number of fused-ring (bicyclic) bond motifs is 3. The lowest BCUT2D eigenvalue weighted by molar-refractivity contribution is -0.115. The summed E-state index contributed by atoms with van der Waals surface area (Å²) in [6, 6.07) is 23.9. The molecule has 1 amide bonds. The van der Waals surface area contributed by atoms with E-state index in [0.717, 1.165) is 33.7 Å². The van der Waals surface area contributed by atoms with Gasteiger partial charge in [0.25, 0.3) is 0 Å². The van der Waals surface area contributed by atoms with Crippen molar-refractivity contribution in [2.24, 2.45) is 0 Å². The average molecular weight is 315 g/mol. The molecule has 0 saturated heterocycles. The summed E-state index contributed by atoms with van der Waals surface area (Å²) in [7, 11) is 0. The number of ether oxygens (including phenoxy) is 1. The monoisotopic (exact) mass is 315 g/mol. The van der Waals surface area contributed by atoms with Gasteiger partial charge in [0.1, 0.15) is 12.4 Å². The number of carbonyl (C=O) groups excluding carboxylic acids is 1. The van der Waals surface area contributed by atoms with Crippen molar-refractivity contribution < 1.29 is 9.53 Å². The minimum absolute atomic E-state index is 0.0131. The summed E-state index contributed by atoms with van der Waals surface area (Å²) in [5.41, 5.74) is 5.07. The first-order valence-electron chi connectivity index (χ1n) is 7.98. The predicted octanol–water partition coefficient (Wildman–Crippen LogP) is 4.43. The maximum Gasteiger partial charge on any atom is 0.228 e. The van der Waals surface area contributed by atoms with Gasteiger partial charge in [-0.1, -0.05) is 54.6 Å². The molecule has 0 aromatic heterocycles. The molecule has 0 unspecified atom stereocenters. The summed E-state index contributed by atoms with van der Waals surface area (Å²) in [4.78, 5) is 12.1. The van der Waals surface area contributed by atoms with Gasteiger partial charge in [-0.05, 0) is 34.9 Å². The lowest BCUT2D eigenvalue weighted by Crippen LogP contribution is -2.12. The second-order valence-electron chi connectivity index (χ2n) is 5.86. The fraction of sp³-hybridized carbons (Fsp3) is 0.0952. The van der Waals surface area contributed by atoms with Crippen LogP contribution in [0.5, 0.6) is 5.75 Å². The summed E-state index contributed by atoms with van der Waals surface area (Å²) in [5, 5.41) is 2.98. The van der Waals surface area contributed by atoms with E-state index >= 15 is 0 Å². The van der Waals surface area contributed by atoms with Gasteiger partial charge in [-0.2, -0.15) is 0 Å². The number of hydrogen-bond acceptors (Lipinski definition) is 2. The average Bonchev–Trinajstić information content (AvgIpc) is 2.76. The summed E-state index contributed by atoms with van der Waals surface area (Å²) < 4.78 is 5.93. The Morgan fingerprint density at radius 2 is 1.67 bits per heavy atom. The molecule has 118 valence electrons. The van der Waals surface area contributed by atoms with Crippen LogP contribution < -0.4 is 10.1 Å². The fourth-order valence-electron chi connectivity index (χ4n) is 2.99. The maximum absolute atomic E-state index is 12.1. The number of hydrogen-bond donors (Lipinski definition) is 1. The number of anilines is 1. The minimum atomic E-state index is 0.0131. The molecule has 3 nitrogen and oxygen atoms in total. The second kappa shape index (κ2) is 6.20. The molecular formula is C21H17NO2. The third kappa shape index (κ3) is 2.88. The van der Waals surface area contributed by atoms with E-state index in [9.17, 15) is 4.79 Å². The quantitative estimate of drug-likeness (QED) is 0.776. The van der Waals surface area contributed by atoms with Crippen LogP contribution >= 0.6 is 0 Å². The highest BCUT2D eigenvalue weighted by Crippen LogP contribution is 2.36. The number of benzene rings is 3. The largest absolute Gasteiger partial charge is 0.489 e. The first kappa shape index (κ1) is 14.5. The molecule has 0 fully saturated rings. The third-order valence-corrected chi connectivity index (χ3v) is 4.17. The van der Waals surface area contributed by atoms with Crippen LogP contribution in [0.25, 0.3) is 11.1 Å². The van der Waals surface area contributed by atoms with Gasteiger partial charge in [-0.15, -0.1) is 0 Å². The summed E-state index contributed by atoms with van der Waals surface area (Å²) in [5.74, 6) is 0.808. The Morgan fingerprint density at radius 3 is 2.54 bits per heavy atom. The van der Waals surface area contributed by atoms with E-state index in [1.807, 2.05) is 66.7 Å². The van der Waals surface area contributed by atoms with Gasteiger partial charge in [0, 0.05) is 11.3 Å². The summed E-state index contributed by atoms with van der Waals surface area (Å²) >= 11 is 0. The highest BCUT2D eigenvalue weighted by molar-refractivity contribution is 6.00. The number of amides is 1. The van der Waals surface area contributed by atoms with Gasteiger partial charge in [0.15, 0.2) is 0 Å². The standard InChI is InChI=1S/C21H17NO2/c23-21-12-16-8-4-5-9-18(16)19-13-17(10-11-20(19)22-21)24-14-15-6-2-1-3-7-15/h1-11,13H,12,14H2,(H,22,23). The third-order valence-electron chi connectivity index (χ3n) is 4.17. The zero-order chi connectivity index (χ0) is 16.4. The van der Waals surface area contributed by atoms with Gasteiger partial charge < -0.3 is 10.1 Å². The molecule has 0 spiro atoms. The second-order valence-corrected chi connectivity index (χ2v) is 5.86. The van der Waals surface area contributed by atoms with Crippen molar-refractivity contribution in [1.29, 1.82) is 0 Å². The van der Waals surface area contributed by atoms with Crippen LogP contribution in [-0.2, 0) is 17.8 Å². The van der Waals surface area contributed by atoms with E-state index in [0.29, 0.717) is 13.0 Å². The molecule has 0 bridgehead atoms. The molecule has 4 rings (SSSR count). The molecule has 0 saturated carbocycles. The summed E-state index contributed by atoms with van der Waals surface area (Å²) in [6.45, 7) is 0.521. The van der Waals surface area contributed by atoms with Crippen LogP contribution in [0.4, 0.5) is 5.69 Å². The van der Waals surface area contributed by atoms with Crippen molar-refractivity contribution in [3.63, 3.8) is 0 Å². The van der Waals surface area contributed by atoms with E-state index in [1.165, 1.54) is 0 Å². The topological polar surface area (TPSA) is 38.3 Å². The Labute approximate surface area is 140 Å². The van der Waals surface area contributed by atoms with Gasteiger partial charge in [-0.3, -0.25) is 4.79 Å². The Hall–Kier alpha value is -3.07. The van der Waals surface area contributed by atoms with Crippen LogP contribution in [-0.4, -0.2) is 5.91 Å². The van der Waals surface area contributed by atoms with Crippen LogP contribution in [0.2, 0.25) is 0 Å². The molecule has 1 N–H and O–H groups in total. The van der Waals surface area contributed by atoms with E-state index < -0.39 is 0 Å². The molecule has 24 heavy (non-hydrogen) atoms. The van der Waals surface area contributed by atoms with Crippen molar-refractivity contribution >= 4 is 11.6 Å². The SMILES string of the molecule is O=C1Cc2ccccc2-c2cc(OCc3ccccc3)ccc2N1. The zero-order valence-corrected chi connectivity index (χ0v) is 13.2. The number of rotatable bonds is 3. The van der Waals surface area contributed by atoms with Crippen LogP contribution in [0.3, 0.4) is 0 Å². The normalized spacial score (nSPS) is 12.6. The van der Waals surface area contributed by atoms with Crippen LogP contribution in [0, 0.1) is 0 Å². The van der Waals surface area contributed by atoms with Gasteiger partial charge in [0.05, 0.1) is 6.42 Å². The lowest BCUT2D eigenvalue weighted by Gasteiger charge is -2.12. The van der Waals surface area contributed by atoms with Crippen molar-refractivity contribution in [2.45, 2.75) is 13.0 Å². The smallest absolute Gasteiger partial charge is 0.228 e. The van der Waals surface area contributed by atoms with E-state index in [4.69, 9.17) is 4.74 Å². The minimum Gasteiger partial charge on any atom is -0.489 e. The molecule has 0 aliphatic carbocycles. The fourth-order valence-corrected chi connectivity index (χ4v) is 2.99. The molecular weight excluding hydrogens is 298 g/mol. The van der Waals surface area contributed by atoms with Crippen molar-refractivity contribution in [2.75, 3.05) is 5.32 Å². The molecule has 3 aromatic rings. The van der Waals surface area contributed by atoms with Gasteiger partial charge in [0.2, 0.25) is 5.91 Å². The Balaban J connectivity index is 1.67. The van der Waals surface area contributed by atoms with Crippen LogP contribution in [0.15, 0.2) is 72.8 Å². The van der Waals surface area contributed by atoms with Gasteiger partial charge >= 0.3 is 0 Å². The molecule has 0 atom stereocenters. The van der Waals surface area contributed by atoms with E-state index in [1.54, 1.807) is 0 Å². The zero-order valence-electron chi connectivity index (χ0n) is 13.2. The predicted molar refractivity (Wildman–Crippen MR) is 95.0 cm³/mol. The lowest BCUT2D eigenvalue weighted by atomic mass is 9.98. The first-order valence-corrected chi connectivity index (χ1v) is 7.98. The Bertz CT molecular complexity index is 887. The van der Waals surface area contributed by atoms with Crippen LogP contribution in [0.1, 0.15) is 11.1 Å². The molecule has 3 heteroatoms. The highest BCUT2D eigenvalue weighted by atomic mass is 16.5. The van der Waals surface area contributed by atoms with E-state index in [-0.39, 0.29) is 5.91 Å². The van der Waals surface area contributed by atoms with Crippen molar-refractivity contribution in [3.05, 3.63) is 83.9 Å². The molecule has 3 aromatic carbocycles. The molecule has 1 aliphatic rings. The van der Waals surface area contributed by atoms with E-state index in [2.05, 4.69) is 11.4 Å². The Morgan fingerprint density at radius 1 is 0.875 bits per heavy atom. The number of nitrogens with one attached hydrogen (secondary N) is 1. The van der Waals surface area contributed by atoms with Crippen molar-refractivity contribution in [3.8, 4) is 16.9 Å². The van der Waals surface area contributed by atoms with Gasteiger partial charge in [-0.25, -0.2) is 0 Å². The van der Waals surface area contributed by atoms with Crippen molar-refractivity contribution in [1.82, 2.24) is 0 Å². The number of carbonyl (C=O) groups is 1. The highest BCUT2D eigenvalue weighted by Gasteiger charge is 2.18. The Kier molecular flexibility index (Phi) is 3.75. The maximum atomic E-state index is 12.1.